The monoisotopic (exact) mass is 965 g/mol. The molecule has 0 aliphatic heterocycles. The number of para-hydroxylation sites is 1. The summed E-state index contributed by atoms with van der Waals surface area (Å²) in [6, 6.07) is 104. The molecule has 0 atom stereocenters. The summed E-state index contributed by atoms with van der Waals surface area (Å²) < 4.78 is 7.25. The zero-order valence-corrected chi connectivity index (χ0v) is 41.5. The van der Waals surface area contributed by atoms with Crippen LogP contribution in [0.2, 0.25) is 0 Å². The molecule has 0 spiro atoms. The number of anilines is 3. The Hall–Kier alpha value is -10.0. The molecule has 76 heavy (non-hydrogen) atoms. The largest absolute Gasteiger partial charge is 0.453 e. The van der Waals surface area contributed by atoms with Crippen LogP contribution in [-0.4, -0.2) is 0 Å². The number of furan rings is 1. The minimum absolute atomic E-state index is 0.841. The Morgan fingerprint density at radius 2 is 0.671 bits per heavy atom. The smallest absolute Gasteiger partial charge is 0.159 e. The van der Waals surface area contributed by atoms with Crippen molar-refractivity contribution in [3.8, 4) is 55.6 Å². The van der Waals surface area contributed by atoms with Crippen molar-refractivity contribution in [3.05, 3.63) is 285 Å². The molecule has 1 heterocycles. The van der Waals surface area contributed by atoms with Crippen LogP contribution in [0.15, 0.2) is 290 Å². The maximum atomic E-state index is 7.25. The summed E-state index contributed by atoms with van der Waals surface area (Å²) in [6.07, 6.45) is 0. The van der Waals surface area contributed by atoms with E-state index < -0.39 is 0 Å². The van der Waals surface area contributed by atoms with Gasteiger partial charge in [-0.05, 0) is 171 Å². The molecule has 2 heteroatoms. The molecule has 14 aromatic carbocycles. The van der Waals surface area contributed by atoms with Crippen LogP contribution in [0.1, 0.15) is 0 Å². The molecule has 0 unspecified atom stereocenters. The van der Waals surface area contributed by atoms with Crippen molar-refractivity contribution in [2.45, 2.75) is 0 Å². The third kappa shape index (κ3) is 7.50. The van der Waals surface area contributed by atoms with Crippen molar-refractivity contribution in [2.75, 3.05) is 4.90 Å². The van der Waals surface area contributed by atoms with E-state index in [1.807, 2.05) is 0 Å². The average molecular weight is 966 g/mol. The first kappa shape index (κ1) is 43.6. The fraction of sp³-hybridized carbons (Fsp3) is 0. The van der Waals surface area contributed by atoms with Crippen LogP contribution >= 0.6 is 0 Å². The lowest BCUT2D eigenvalue weighted by molar-refractivity contribution is 0.670. The Bertz CT molecular complexity index is 4740. The molecule has 15 rings (SSSR count). The van der Waals surface area contributed by atoms with Crippen LogP contribution in [0.3, 0.4) is 0 Å². The van der Waals surface area contributed by atoms with Gasteiger partial charge in [-0.2, -0.15) is 0 Å². The van der Waals surface area contributed by atoms with Gasteiger partial charge in [0, 0.05) is 27.7 Å². The van der Waals surface area contributed by atoms with Gasteiger partial charge in [0.25, 0.3) is 0 Å². The number of hydrogen-bond donors (Lipinski definition) is 0. The normalized spacial score (nSPS) is 11.7. The summed E-state index contributed by atoms with van der Waals surface area (Å²) in [5, 5.41) is 14.4. The summed E-state index contributed by atoms with van der Waals surface area (Å²) in [5.74, 6) is 0. The lowest BCUT2D eigenvalue weighted by Gasteiger charge is -2.26. The molecule has 0 saturated heterocycles. The Morgan fingerprint density at radius 1 is 0.224 bits per heavy atom. The Labute approximate surface area is 440 Å². The van der Waals surface area contributed by atoms with E-state index in [9.17, 15) is 0 Å². The van der Waals surface area contributed by atoms with Crippen LogP contribution in [0.4, 0.5) is 17.1 Å². The van der Waals surface area contributed by atoms with Crippen molar-refractivity contribution in [1.82, 2.24) is 0 Å². The fourth-order valence-corrected chi connectivity index (χ4v) is 11.7. The van der Waals surface area contributed by atoms with Crippen LogP contribution in [0.5, 0.6) is 0 Å². The Balaban J connectivity index is 0.833. The van der Waals surface area contributed by atoms with Gasteiger partial charge in [0.15, 0.2) is 5.58 Å². The van der Waals surface area contributed by atoms with Crippen LogP contribution in [-0.2, 0) is 0 Å². The maximum absolute atomic E-state index is 7.25. The highest BCUT2D eigenvalue weighted by molar-refractivity contribution is 6.24. The minimum atomic E-state index is 0.841. The van der Waals surface area contributed by atoms with Gasteiger partial charge in [-0.1, -0.05) is 218 Å². The second-order valence-corrected chi connectivity index (χ2v) is 20.0. The Kier molecular flexibility index (Phi) is 10.2. The number of rotatable bonds is 8. The standard InChI is InChI=1S/C74H47NO/c1-2-13-53(14-3-1)70-47-61-17-7-9-20-68(61)72-69-22-11-23-71(73(69)76-74(70)72)75(64-38-34-49(35-39-64)55-29-30-59-44-60(32-31-58(59)43-55)57-28-24-48-12-4-5-16-54(48)42-57)65-40-36-50(37-41-65)56-27-25-51-26-33-62(46-63(51)45-56)67-21-10-18-52-15-6-8-19-66(52)67/h1-47H. The third-order valence-corrected chi connectivity index (χ3v) is 15.6. The SMILES string of the molecule is c1ccc(-c2cc3ccccc3c3c2oc2c(N(c4ccc(-c5ccc6cc(-c7ccc8ccccc8c7)ccc6c5)cc4)c4ccc(-c5ccc6ccc(-c7cccc8ccccc78)cc6c5)cc4)cccc23)cc1. The second kappa shape index (κ2) is 17.9. The van der Waals surface area contributed by atoms with E-state index in [1.165, 1.54) is 87.2 Å². The molecule has 0 bridgehead atoms. The van der Waals surface area contributed by atoms with Gasteiger partial charge < -0.3 is 9.32 Å². The van der Waals surface area contributed by atoms with Gasteiger partial charge in [0.2, 0.25) is 0 Å². The van der Waals surface area contributed by atoms with Crippen LogP contribution in [0.25, 0.3) is 131 Å². The first-order valence-corrected chi connectivity index (χ1v) is 26.1. The zero-order chi connectivity index (χ0) is 50.1. The molecule has 2 nitrogen and oxygen atoms in total. The van der Waals surface area contributed by atoms with Crippen molar-refractivity contribution in [3.63, 3.8) is 0 Å². The van der Waals surface area contributed by atoms with Crippen LogP contribution in [0, 0.1) is 0 Å². The molecular formula is C74H47NO. The lowest BCUT2D eigenvalue weighted by Crippen LogP contribution is -2.10. The molecule has 354 valence electrons. The van der Waals surface area contributed by atoms with E-state index in [4.69, 9.17) is 4.42 Å². The lowest BCUT2D eigenvalue weighted by atomic mass is 9.95. The van der Waals surface area contributed by atoms with E-state index in [1.54, 1.807) is 0 Å². The zero-order valence-electron chi connectivity index (χ0n) is 41.5. The number of nitrogens with zero attached hydrogens (tertiary/aromatic N) is 1. The van der Waals surface area contributed by atoms with Gasteiger partial charge >= 0.3 is 0 Å². The number of fused-ring (bicyclic) bond motifs is 9. The van der Waals surface area contributed by atoms with Gasteiger partial charge in [0.05, 0.1) is 5.69 Å². The third-order valence-electron chi connectivity index (χ3n) is 15.6. The predicted octanol–water partition coefficient (Wildman–Crippen LogP) is 21.2. The predicted molar refractivity (Wildman–Crippen MR) is 323 cm³/mol. The molecule has 0 saturated carbocycles. The Morgan fingerprint density at radius 3 is 1.34 bits per heavy atom. The van der Waals surface area contributed by atoms with Crippen molar-refractivity contribution < 1.29 is 4.42 Å². The van der Waals surface area contributed by atoms with Gasteiger partial charge in [-0.25, -0.2) is 0 Å². The molecule has 1 aromatic heterocycles. The van der Waals surface area contributed by atoms with E-state index in [-0.39, 0.29) is 0 Å². The highest BCUT2D eigenvalue weighted by atomic mass is 16.3. The number of hydrogen-bond acceptors (Lipinski definition) is 2. The van der Waals surface area contributed by atoms with E-state index in [2.05, 4.69) is 290 Å². The van der Waals surface area contributed by atoms with Crippen LogP contribution < -0.4 is 4.90 Å². The topological polar surface area (TPSA) is 16.4 Å². The summed E-state index contributed by atoms with van der Waals surface area (Å²) in [6.45, 7) is 0. The minimum Gasteiger partial charge on any atom is -0.453 e. The highest BCUT2D eigenvalue weighted by Gasteiger charge is 2.23. The molecule has 0 N–H and O–H groups in total. The first-order chi connectivity index (χ1) is 37.6. The second-order valence-electron chi connectivity index (χ2n) is 20.0. The molecule has 0 aliphatic rings. The van der Waals surface area contributed by atoms with Gasteiger partial charge in [-0.15, -0.1) is 0 Å². The molecule has 0 fully saturated rings. The molecular weight excluding hydrogens is 919 g/mol. The molecule has 0 aliphatic carbocycles. The average Bonchev–Trinajstić information content (AvgIpc) is 3.97. The summed E-state index contributed by atoms with van der Waals surface area (Å²) in [7, 11) is 0. The van der Waals surface area contributed by atoms with Gasteiger partial charge in [-0.3, -0.25) is 0 Å². The summed E-state index contributed by atoms with van der Waals surface area (Å²) >= 11 is 0. The highest BCUT2D eigenvalue weighted by Crippen LogP contribution is 2.47. The summed E-state index contributed by atoms with van der Waals surface area (Å²) in [5.41, 5.74) is 16.5. The van der Waals surface area contributed by atoms with Crippen molar-refractivity contribution in [2.24, 2.45) is 0 Å². The van der Waals surface area contributed by atoms with Crippen molar-refractivity contribution >= 4 is 92.9 Å². The van der Waals surface area contributed by atoms with E-state index in [0.717, 1.165) is 61.3 Å². The fourth-order valence-electron chi connectivity index (χ4n) is 11.7. The summed E-state index contributed by atoms with van der Waals surface area (Å²) in [4.78, 5) is 2.36. The van der Waals surface area contributed by atoms with Gasteiger partial charge in [0.1, 0.15) is 5.58 Å². The molecule has 15 aromatic rings. The molecule has 0 radical (unpaired) electrons. The van der Waals surface area contributed by atoms with Crippen molar-refractivity contribution in [1.29, 1.82) is 0 Å². The quantitative estimate of drug-likeness (QED) is 0.151. The van der Waals surface area contributed by atoms with E-state index in [0.29, 0.717) is 0 Å². The van der Waals surface area contributed by atoms with E-state index >= 15 is 0 Å². The maximum Gasteiger partial charge on any atom is 0.159 e. The number of benzene rings is 14. The molecule has 0 amide bonds. The first-order valence-electron chi connectivity index (χ1n) is 26.1.